The minimum Gasteiger partial charge on any atom is -0.481 e. The Kier molecular flexibility index (Phi) is 25.5. The first kappa shape index (κ1) is 25.3. The molecule has 0 aromatic carbocycles. The number of hydrogen-bond acceptors (Lipinski definition) is 1. The molecule has 0 aliphatic carbocycles. The topological polar surface area (TPSA) is 37.3 Å². The van der Waals surface area contributed by atoms with Crippen molar-refractivity contribution in [1.82, 2.24) is 0 Å². The van der Waals surface area contributed by atoms with Crippen molar-refractivity contribution in [3.63, 3.8) is 0 Å². The van der Waals surface area contributed by atoms with Crippen LogP contribution in [0.4, 0.5) is 0 Å². The van der Waals surface area contributed by atoms with Crippen molar-refractivity contribution in [2.75, 3.05) is 0 Å². The first-order chi connectivity index (χ1) is 10.3. The standard InChI is InChI=1S/C19H38O2.K/c1-2-3-4-5-6-7-8-9-10-11-12-13-14-15-16-17-18-19(20)21;/h2-18H2,1H3,(H,20,21);. The fraction of sp³-hybridized carbons (Fsp3) is 0.947. The molecule has 0 aromatic rings. The molecule has 0 amide bonds. The molecule has 0 saturated heterocycles. The first-order valence-electron chi connectivity index (χ1n) is 9.49. The Morgan fingerprint density at radius 3 is 1.14 bits per heavy atom. The first-order valence-corrected chi connectivity index (χ1v) is 9.49. The van der Waals surface area contributed by atoms with Crippen molar-refractivity contribution in [3.05, 3.63) is 0 Å². The fourth-order valence-corrected chi connectivity index (χ4v) is 2.82. The van der Waals surface area contributed by atoms with Gasteiger partial charge in [-0.25, -0.2) is 0 Å². The van der Waals surface area contributed by atoms with E-state index in [1.165, 1.54) is 89.9 Å². The van der Waals surface area contributed by atoms with E-state index in [1.54, 1.807) is 0 Å². The minimum atomic E-state index is -0.652. The van der Waals surface area contributed by atoms with Crippen LogP contribution in [0.5, 0.6) is 0 Å². The number of hydrogen-bond donors (Lipinski definition) is 1. The van der Waals surface area contributed by atoms with Crippen molar-refractivity contribution in [3.8, 4) is 0 Å². The minimum absolute atomic E-state index is 0. The predicted octanol–water partition coefficient (Wildman–Crippen LogP) is 6.34. The maximum absolute atomic E-state index is 10.3. The zero-order valence-electron chi connectivity index (χ0n) is 15.4. The largest absolute Gasteiger partial charge is 0.481 e. The fourth-order valence-electron chi connectivity index (χ4n) is 2.82. The third-order valence-electron chi connectivity index (χ3n) is 4.24. The van der Waals surface area contributed by atoms with Gasteiger partial charge in [0.25, 0.3) is 0 Å². The zero-order valence-corrected chi connectivity index (χ0v) is 18.5. The third kappa shape index (κ3) is 23.4. The number of carbonyl (C=O) groups is 1. The molecule has 0 heterocycles. The molecule has 2 nitrogen and oxygen atoms in total. The molecule has 0 aliphatic rings. The smallest absolute Gasteiger partial charge is 0.303 e. The Morgan fingerprint density at radius 1 is 0.591 bits per heavy atom. The molecule has 0 atom stereocenters. The summed E-state index contributed by atoms with van der Waals surface area (Å²) in [5.41, 5.74) is 0. The maximum Gasteiger partial charge on any atom is 0.303 e. The van der Waals surface area contributed by atoms with Crippen LogP contribution in [-0.2, 0) is 4.79 Å². The van der Waals surface area contributed by atoms with Gasteiger partial charge in [-0.2, -0.15) is 0 Å². The van der Waals surface area contributed by atoms with Crippen molar-refractivity contribution < 1.29 is 9.90 Å². The van der Waals surface area contributed by atoms with Gasteiger partial charge >= 0.3 is 5.97 Å². The second-order valence-corrected chi connectivity index (χ2v) is 6.45. The van der Waals surface area contributed by atoms with E-state index in [4.69, 9.17) is 5.11 Å². The summed E-state index contributed by atoms with van der Waals surface area (Å²) in [6, 6.07) is 0. The van der Waals surface area contributed by atoms with Gasteiger partial charge in [0, 0.05) is 57.8 Å². The molecule has 0 aliphatic heterocycles. The number of carboxylic acids is 1. The summed E-state index contributed by atoms with van der Waals surface area (Å²) in [7, 11) is 0. The van der Waals surface area contributed by atoms with Crippen molar-refractivity contribution >= 4 is 57.4 Å². The molecule has 0 fully saturated rings. The van der Waals surface area contributed by atoms with Crippen molar-refractivity contribution in [2.45, 2.75) is 116 Å². The van der Waals surface area contributed by atoms with Crippen LogP contribution in [0.25, 0.3) is 0 Å². The number of unbranched alkanes of at least 4 members (excludes halogenated alkanes) is 15. The van der Waals surface area contributed by atoms with Crippen LogP contribution < -0.4 is 0 Å². The maximum atomic E-state index is 10.3. The Hall–Kier alpha value is 1.11. The summed E-state index contributed by atoms with van der Waals surface area (Å²) in [6.45, 7) is 2.27. The predicted molar refractivity (Wildman–Crippen MR) is 97.6 cm³/mol. The molecular formula is C19H38KO2. The van der Waals surface area contributed by atoms with Gasteiger partial charge in [0.1, 0.15) is 0 Å². The average molecular weight is 338 g/mol. The Balaban J connectivity index is 0. The van der Waals surface area contributed by atoms with E-state index in [2.05, 4.69) is 6.92 Å². The number of carboxylic acid groups (broad SMARTS) is 1. The second kappa shape index (κ2) is 22.1. The number of rotatable bonds is 17. The normalized spacial score (nSPS) is 10.4. The SMILES string of the molecule is CCCCCCCCCCCCCCCCCCC(=O)O.[K]. The zero-order chi connectivity index (χ0) is 15.6. The Labute approximate surface area is 181 Å². The summed E-state index contributed by atoms with van der Waals surface area (Å²) in [6.07, 6.45) is 21.7. The molecule has 22 heavy (non-hydrogen) atoms. The van der Waals surface area contributed by atoms with Crippen LogP contribution in [0.1, 0.15) is 116 Å². The number of aliphatic carboxylic acids is 1. The Morgan fingerprint density at radius 2 is 0.864 bits per heavy atom. The van der Waals surface area contributed by atoms with Gasteiger partial charge in [-0.15, -0.1) is 0 Å². The van der Waals surface area contributed by atoms with Gasteiger partial charge in [-0.1, -0.05) is 103 Å². The van der Waals surface area contributed by atoms with E-state index in [9.17, 15) is 4.79 Å². The van der Waals surface area contributed by atoms with Gasteiger partial charge < -0.3 is 5.11 Å². The Bertz CT molecular complexity index is 219. The summed E-state index contributed by atoms with van der Waals surface area (Å²) < 4.78 is 0. The van der Waals surface area contributed by atoms with Crippen LogP contribution in [0.2, 0.25) is 0 Å². The van der Waals surface area contributed by atoms with E-state index >= 15 is 0 Å². The molecule has 1 N–H and O–H groups in total. The quantitative estimate of drug-likeness (QED) is 0.248. The van der Waals surface area contributed by atoms with Crippen LogP contribution >= 0.6 is 0 Å². The molecule has 127 valence electrons. The van der Waals surface area contributed by atoms with E-state index in [0.717, 1.165) is 12.8 Å². The summed E-state index contributed by atoms with van der Waals surface area (Å²) in [4.78, 5) is 10.3. The van der Waals surface area contributed by atoms with E-state index in [0.29, 0.717) is 6.42 Å². The molecule has 0 aromatic heterocycles. The van der Waals surface area contributed by atoms with E-state index in [-0.39, 0.29) is 51.4 Å². The monoisotopic (exact) mass is 337 g/mol. The average Bonchev–Trinajstić information content (AvgIpc) is 2.46. The van der Waals surface area contributed by atoms with Crippen LogP contribution in [0.15, 0.2) is 0 Å². The van der Waals surface area contributed by atoms with Gasteiger partial charge in [-0.05, 0) is 6.42 Å². The molecule has 0 spiro atoms. The molecule has 3 heteroatoms. The van der Waals surface area contributed by atoms with Crippen LogP contribution in [-0.4, -0.2) is 62.5 Å². The van der Waals surface area contributed by atoms with Crippen molar-refractivity contribution in [1.29, 1.82) is 0 Å². The summed E-state index contributed by atoms with van der Waals surface area (Å²) in [5, 5.41) is 8.53. The van der Waals surface area contributed by atoms with Crippen LogP contribution in [0, 0.1) is 0 Å². The van der Waals surface area contributed by atoms with E-state index < -0.39 is 5.97 Å². The van der Waals surface area contributed by atoms with Crippen LogP contribution in [0.3, 0.4) is 0 Å². The van der Waals surface area contributed by atoms with Gasteiger partial charge in [-0.3, -0.25) is 4.79 Å². The molecule has 0 bridgehead atoms. The molecule has 0 rings (SSSR count). The van der Waals surface area contributed by atoms with E-state index in [1.807, 2.05) is 0 Å². The molecule has 1 radical (unpaired) electrons. The van der Waals surface area contributed by atoms with Gasteiger partial charge in [0.05, 0.1) is 0 Å². The summed E-state index contributed by atoms with van der Waals surface area (Å²) >= 11 is 0. The van der Waals surface area contributed by atoms with Gasteiger partial charge in [0.15, 0.2) is 0 Å². The van der Waals surface area contributed by atoms with Gasteiger partial charge in [0.2, 0.25) is 0 Å². The van der Waals surface area contributed by atoms with Crippen molar-refractivity contribution in [2.24, 2.45) is 0 Å². The third-order valence-corrected chi connectivity index (χ3v) is 4.24. The summed E-state index contributed by atoms with van der Waals surface area (Å²) in [5.74, 6) is -0.652. The second-order valence-electron chi connectivity index (χ2n) is 6.45. The molecular weight excluding hydrogens is 299 g/mol. The molecule has 0 saturated carbocycles. The molecule has 0 unspecified atom stereocenters.